The Morgan fingerprint density at radius 1 is 0.396 bits per heavy atom. The van der Waals surface area contributed by atoms with E-state index < -0.39 is 6.10 Å². The SMILES string of the molecule is CC/C=C\C/C=C\C/C=C\C/C=C\C/C=C\CCC(=O)OCC(COC(=O)CCCCCCCCCCC)OC(=O)CCCCCCCCCCCC. The number of rotatable bonds is 38. The lowest BCUT2D eigenvalue weighted by Crippen LogP contribution is -2.30. The van der Waals surface area contributed by atoms with Gasteiger partial charge < -0.3 is 14.2 Å². The molecule has 0 aromatic heterocycles. The second-order valence-corrected chi connectivity index (χ2v) is 14.2. The topological polar surface area (TPSA) is 78.9 Å². The quantitative estimate of drug-likeness (QED) is 0.0271. The van der Waals surface area contributed by atoms with Gasteiger partial charge in [-0.25, -0.2) is 0 Å². The van der Waals surface area contributed by atoms with Gasteiger partial charge in [0.05, 0.1) is 0 Å². The maximum absolute atomic E-state index is 12.6. The zero-order valence-corrected chi connectivity index (χ0v) is 34.5. The monoisotopic (exact) mass is 741 g/mol. The van der Waals surface area contributed by atoms with Crippen LogP contribution in [0.2, 0.25) is 0 Å². The fourth-order valence-electron chi connectivity index (χ4n) is 5.78. The molecule has 0 aliphatic heterocycles. The summed E-state index contributed by atoms with van der Waals surface area (Å²) in [6.45, 7) is 6.40. The first-order valence-corrected chi connectivity index (χ1v) is 21.8. The molecule has 0 aromatic carbocycles. The predicted octanol–water partition coefficient (Wildman–Crippen LogP) is 13.7. The van der Waals surface area contributed by atoms with Gasteiger partial charge in [-0.1, -0.05) is 191 Å². The molecule has 0 aliphatic rings. The highest BCUT2D eigenvalue weighted by Crippen LogP contribution is 2.13. The van der Waals surface area contributed by atoms with Crippen molar-refractivity contribution in [3.8, 4) is 0 Å². The Labute approximate surface area is 326 Å². The summed E-state index contributed by atoms with van der Waals surface area (Å²) in [5, 5.41) is 0. The highest BCUT2D eigenvalue weighted by Gasteiger charge is 2.19. The molecule has 1 unspecified atom stereocenters. The summed E-state index contributed by atoms with van der Waals surface area (Å²) in [5.74, 6) is -0.990. The van der Waals surface area contributed by atoms with Crippen LogP contribution in [0.15, 0.2) is 60.8 Å². The lowest BCUT2D eigenvalue weighted by molar-refractivity contribution is -0.166. The van der Waals surface area contributed by atoms with Crippen LogP contribution in [0.5, 0.6) is 0 Å². The Kier molecular flexibility index (Phi) is 39.6. The Balaban J connectivity index is 4.46. The molecule has 0 aromatic rings. The molecular formula is C47H80O6. The van der Waals surface area contributed by atoms with Crippen molar-refractivity contribution in [3.05, 3.63) is 60.8 Å². The van der Waals surface area contributed by atoms with E-state index in [-0.39, 0.29) is 37.5 Å². The fraction of sp³-hybridized carbons (Fsp3) is 0.723. The van der Waals surface area contributed by atoms with Crippen LogP contribution in [0.4, 0.5) is 0 Å². The van der Waals surface area contributed by atoms with Crippen LogP contribution in [0.1, 0.15) is 201 Å². The Morgan fingerprint density at radius 3 is 1.15 bits per heavy atom. The molecule has 0 spiro atoms. The summed E-state index contributed by atoms with van der Waals surface area (Å²) in [6.07, 6.45) is 49.3. The minimum atomic E-state index is -0.796. The van der Waals surface area contributed by atoms with E-state index >= 15 is 0 Å². The molecule has 0 saturated heterocycles. The zero-order chi connectivity index (χ0) is 38.7. The van der Waals surface area contributed by atoms with Crippen molar-refractivity contribution in [3.63, 3.8) is 0 Å². The molecule has 0 bridgehead atoms. The highest BCUT2D eigenvalue weighted by atomic mass is 16.6. The van der Waals surface area contributed by atoms with Crippen LogP contribution >= 0.6 is 0 Å². The average Bonchev–Trinajstić information content (AvgIpc) is 3.15. The number of carbonyl (C=O) groups excluding carboxylic acids is 3. The minimum Gasteiger partial charge on any atom is -0.462 e. The van der Waals surface area contributed by atoms with Gasteiger partial charge in [0, 0.05) is 19.3 Å². The van der Waals surface area contributed by atoms with Crippen LogP contribution in [0.3, 0.4) is 0 Å². The van der Waals surface area contributed by atoms with Gasteiger partial charge >= 0.3 is 17.9 Å². The van der Waals surface area contributed by atoms with Crippen molar-refractivity contribution in [2.75, 3.05) is 13.2 Å². The van der Waals surface area contributed by atoms with Crippen LogP contribution in [0.25, 0.3) is 0 Å². The second-order valence-electron chi connectivity index (χ2n) is 14.2. The van der Waals surface area contributed by atoms with Crippen LogP contribution in [0, 0.1) is 0 Å². The van der Waals surface area contributed by atoms with Crippen molar-refractivity contribution < 1.29 is 28.6 Å². The molecule has 0 heterocycles. The van der Waals surface area contributed by atoms with Gasteiger partial charge in [-0.05, 0) is 51.4 Å². The molecule has 0 fully saturated rings. The van der Waals surface area contributed by atoms with Crippen LogP contribution in [-0.4, -0.2) is 37.2 Å². The third-order valence-electron chi connectivity index (χ3n) is 9.05. The molecule has 6 heteroatoms. The van der Waals surface area contributed by atoms with Crippen LogP contribution < -0.4 is 0 Å². The predicted molar refractivity (Wildman–Crippen MR) is 224 cm³/mol. The van der Waals surface area contributed by atoms with Crippen molar-refractivity contribution in [2.45, 2.75) is 207 Å². The summed E-state index contributed by atoms with van der Waals surface area (Å²) in [4.78, 5) is 37.5. The Bertz CT molecular complexity index is 991. The minimum absolute atomic E-state index is 0.0952. The van der Waals surface area contributed by atoms with E-state index in [2.05, 4.69) is 69.4 Å². The van der Waals surface area contributed by atoms with E-state index in [9.17, 15) is 14.4 Å². The maximum atomic E-state index is 12.6. The Morgan fingerprint density at radius 2 is 0.736 bits per heavy atom. The first kappa shape index (κ1) is 50.1. The highest BCUT2D eigenvalue weighted by molar-refractivity contribution is 5.71. The molecule has 0 radical (unpaired) electrons. The van der Waals surface area contributed by atoms with Crippen molar-refractivity contribution in [1.82, 2.24) is 0 Å². The van der Waals surface area contributed by atoms with E-state index in [0.717, 1.165) is 70.6 Å². The van der Waals surface area contributed by atoms with Crippen molar-refractivity contribution in [2.24, 2.45) is 0 Å². The van der Waals surface area contributed by atoms with Crippen LogP contribution in [-0.2, 0) is 28.6 Å². The van der Waals surface area contributed by atoms with Gasteiger partial charge in [-0.2, -0.15) is 0 Å². The number of esters is 3. The molecule has 304 valence electrons. The molecule has 0 N–H and O–H groups in total. The van der Waals surface area contributed by atoms with E-state index in [0.29, 0.717) is 19.3 Å². The first-order chi connectivity index (χ1) is 26.0. The largest absolute Gasteiger partial charge is 0.462 e. The lowest BCUT2D eigenvalue weighted by atomic mass is 10.1. The first-order valence-electron chi connectivity index (χ1n) is 21.8. The van der Waals surface area contributed by atoms with Gasteiger partial charge in [-0.3, -0.25) is 14.4 Å². The summed E-state index contributed by atoms with van der Waals surface area (Å²) >= 11 is 0. The second kappa shape index (κ2) is 41.9. The molecule has 0 aliphatic carbocycles. The van der Waals surface area contributed by atoms with E-state index in [1.807, 2.05) is 12.2 Å². The standard InChI is InChI=1S/C47H80O6/c1-4-7-10-13-16-19-21-22-23-24-25-26-29-31-34-37-40-46(49)52-43-44(42-51-45(48)39-36-33-30-27-18-15-12-9-6-3)53-47(50)41-38-35-32-28-20-17-14-11-8-5-2/h7,10,16,19,22-23,25-26,31,34,44H,4-6,8-9,11-15,17-18,20-21,24,27-30,32-33,35-43H2,1-3H3/b10-7-,19-16-,23-22-,26-25-,34-31-. The number of ether oxygens (including phenoxy) is 3. The third-order valence-corrected chi connectivity index (χ3v) is 9.05. The summed E-state index contributed by atoms with van der Waals surface area (Å²) in [7, 11) is 0. The van der Waals surface area contributed by atoms with Gasteiger partial charge in [0.15, 0.2) is 6.10 Å². The lowest BCUT2D eigenvalue weighted by Gasteiger charge is -2.18. The number of hydrogen-bond acceptors (Lipinski definition) is 6. The summed E-state index contributed by atoms with van der Waals surface area (Å²) in [5.41, 5.74) is 0. The van der Waals surface area contributed by atoms with E-state index in [1.165, 1.54) is 83.5 Å². The Hall–Kier alpha value is -2.89. The molecular weight excluding hydrogens is 661 g/mol. The zero-order valence-electron chi connectivity index (χ0n) is 34.5. The molecule has 1 atom stereocenters. The smallest absolute Gasteiger partial charge is 0.306 e. The fourth-order valence-corrected chi connectivity index (χ4v) is 5.78. The molecule has 53 heavy (non-hydrogen) atoms. The molecule has 0 amide bonds. The van der Waals surface area contributed by atoms with Gasteiger partial charge in [-0.15, -0.1) is 0 Å². The maximum Gasteiger partial charge on any atom is 0.306 e. The summed E-state index contributed by atoms with van der Waals surface area (Å²) < 4.78 is 16.6. The normalized spacial score (nSPS) is 12.6. The number of unbranched alkanes of at least 4 members (excludes halogenated alkanes) is 17. The number of allylic oxidation sites excluding steroid dienone is 10. The van der Waals surface area contributed by atoms with E-state index in [1.54, 1.807) is 0 Å². The number of carbonyl (C=O) groups is 3. The van der Waals surface area contributed by atoms with Crippen molar-refractivity contribution in [1.29, 1.82) is 0 Å². The average molecular weight is 741 g/mol. The molecule has 6 nitrogen and oxygen atoms in total. The summed E-state index contributed by atoms with van der Waals surface area (Å²) in [6, 6.07) is 0. The van der Waals surface area contributed by atoms with Gasteiger partial charge in [0.2, 0.25) is 0 Å². The van der Waals surface area contributed by atoms with Gasteiger partial charge in [0.25, 0.3) is 0 Å². The van der Waals surface area contributed by atoms with Crippen molar-refractivity contribution >= 4 is 17.9 Å². The molecule has 0 saturated carbocycles. The third kappa shape index (κ3) is 40.1. The number of hydrogen-bond donors (Lipinski definition) is 0. The molecule has 0 rings (SSSR count). The van der Waals surface area contributed by atoms with Gasteiger partial charge in [0.1, 0.15) is 13.2 Å². The van der Waals surface area contributed by atoms with E-state index in [4.69, 9.17) is 14.2 Å².